The van der Waals surface area contributed by atoms with Crippen molar-refractivity contribution in [3.8, 4) is 0 Å². The molecule has 6 nitrogen and oxygen atoms in total. The van der Waals surface area contributed by atoms with E-state index in [4.69, 9.17) is 14.2 Å². The Bertz CT molecular complexity index is 365. The molecule has 1 aliphatic rings. The van der Waals surface area contributed by atoms with E-state index in [2.05, 4.69) is 0 Å². The van der Waals surface area contributed by atoms with E-state index in [0.29, 0.717) is 0 Å². The third kappa shape index (κ3) is 5.59. The molecule has 1 fully saturated rings. The highest BCUT2D eigenvalue weighted by atomic mass is 16.6. The maximum absolute atomic E-state index is 11.2. The molecule has 1 rings (SSSR count). The van der Waals surface area contributed by atoms with Crippen LogP contribution in [0.1, 0.15) is 46.5 Å². The van der Waals surface area contributed by atoms with E-state index in [0.717, 1.165) is 25.7 Å². The van der Waals surface area contributed by atoms with Crippen molar-refractivity contribution in [1.29, 1.82) is 0 Å². The van der Waals surface area contributed by atoms with E-state index in [1.807, 2.05) is 0 Å². The quantitative estimate of drug-likeness (QED) is 0.564. The first-order valence-electron chi connectivity index (χ1n) is 6.88. The summed E-state index contributed by atoms with van der Waals surface area (Å²) in [6, 6.07) is 0. The summed E-state index contributed by atoms with van der Waals surface area (Å²) < 4.78 is 15.5. The van der Waals surface area contributed by atoms with Crippen LogP contribution in [0.4, 0.5) is 0 Å². The first kappa shape index (κ1) is 16.5. The molecule has 0 bridgehead atoms. The minimum absolute atomic E-state index is 0.00263. The number of carbonyl (C=O) groups excluding carboxylic acids is 3. The Morgan fingerprint density at radius 3 is 2.20 bits per heavy atom. The average molecular weight is 286 g/mol. The van der Waals surface area contributed by atoms with E-state index in [9.17, 15) is 14.4 Å². The molecule has 0 aliphatic heterocycles. The Labute approximate surface area is 118 Å². The molecule has 0 amide bonds. The summed E-state index contributed by atoms with van der Waals surface area (Å²) >= 11 is 0. The molecule has 0 saturated heterocycles. The SMILES string of the molecule is CC(=O)OC[C@H](OC(C)=O)[C@@H]1CCCC[C@H]1OC(C)=O. The van der Waals surface area contributed by atoms with E-state index < -0.39 is 18.0 Å². The van der Waals surface area contributed by atoms with Crippen LogP contribution in [-0.4, -0.2) is 36.7 Å². The predicted molar refractivity (Wildman–Crippen MR) is 69.7 cm³/mol. The molecule has 0 unspecified atom stereocenters. The number of hydrogen-bond donors (Lipinski definition) is 0. The highest BCUT2D eigenvalue weighted by molar-refractivity contribution is 5.67. The van der Waals surface area contributed by atoms with Crippen molar-refractivity contribution in [2.24, 2.45) is 5.92 Å². The van der Waals surface area contributed by atoms with Gasteiger partial charge in [-0.2, -0.15) is 0 Å². The molecule has 6 heteroatoms. The molecule has 0 spiro atoms. The van der Waals surface area contributed by atoms with Gasteiger partial charge in [-0.05, 0) is 19.3 Å². The maximum atomic E-state index is 11.2. The lowest BCUT2D eigenvalue weighted by atomic mass is 9.82. The lowest BCUT2D eigenvalue weighted by Crippen LogP contribution is -2.42. The Kier molecular flexibility index (Phi) is 6.48. The van der Waals surface area contributed by atoms with Crippen LogP contribution in [0, 0.1) is 5.92 Å². The lowest BCUT2D eigenvalue weighted by Gasteiger charge is -2.35. The summed E-state index contributed by atoms with van der Waals surface area (Å²) in [4.78, 5) is 33.3. The highest BCUT2D eigenvalue weighted by Gasteiger charge is 2.36. The summed E-state index contributed by atoms with van der Waals surface area (Å²) in [5.41, 5.74) is 0. The normalized spacial score (nSPS) is 23.6. The van der Waals surface area contributed by atoms with E-state index in [1.165, 1.54) is 20.8 Å². The second kappa shape index (κ2) is 7.87. The Hall–Kier alpha value is -1.59. The van der Waals surface area contributed by atoms with Crippen LogP contribution < -0.4 is 0 Å². The minimum atomic E-state index is -0.568. The zero-order valence-electron chi connectivity index (χ0n) is 12.2. The lowest BCUT2D eigenvalue weighted by molar-refractivity contribution is -0.170. The molecule has 0 N–H and O–H groups in total. The predicted octanol–water partition coefficient (Wildman–Crippen LogP) is 1.60. The smallest absolute Gasteiger partial charge is 0.303 e. The van der Waals surface area contributed by atoms with Gasteiger partial charge in [0.1, 0.15) is 18.8 Å². The Morgan fingerprint density at radius 1 is 1.00 bits per heavy atom. The van der Waals surface area contributed by atoms with Crippen molar-refractivity contribution in [3.05, 3.63) is 0 Å². The first-order valence-corrected chi connectivity index (χ1v) is 6.88. The molecule has 0 heterocycles. The van der Waals surface area contributed by atoms with Crippen molar-refractivity contribution < 1.29 is 28.6 Å². The van der Waals surface area contributed by atoms with Crippen LogP contribution in [0.15, 0.2) is 0 Å². The average Bonchev–Trinajstić information content (AvgIpc) is 2.34. The first-order chi connectivity index (χ1) is 9.40. The Morgan fingerprint density at radius 2 is 1.65 bits per heavy atom. The molecule has 0 aromatic heterocycles. The third-order valence-electron chi connectivity index (χ3n) is 3.32. The van der Waals surface area contributed by atoms with Gasteiger partial charge in [-0.3, -0.25) is 14.4 Å². The third-order valence-corrected chi connectivity index (χ3v) is 3.32. The van der Waals surface area contributed by atoms with Crippen molar-refractivity contribution in [2.45, 2.75) is 58.7 Å². The minimum Gasteiger partial charge on any atom is -0.462 e. The molecule has 1 saturated carbocycles. The zero-order valence-corrected chi connectivity index (χ0v) is 12.2. The second-order valence-electron chi connectivity index (χ2n) is 5.05. The zero-order chi connectivity index (χ0) is 15.1. The molecule has 20 heavy (non-hydrogen) atoms. The van der Waals surface area contributed by atoms with Crippen LogP contribution in [0.3, 0.4) is 0 Å². The number of carbonyl (C=O) groups is 3. The molecule has 3 atom stereocenters. The molecule has 114 valence electrons. The largest absolute Gasteiger partial charge is 0.462 e. The molecular formula is C14H22O6. The fraction of sp³-hybridized carbons (Fsp3) is 0.786. The van der Waals surface area contributed by atoms with Gasteiger partial charge < -0.3 is 14.2 Å². The van der Waals surface area contributed by atoms with Gasteiger partial charge in [-0.1, -0.05) is 6.42 Å². The van der Waals surface area contributed by atoms with Crippen LogP contribution >= 0.6 is 0 Å². The van der Waals surface area contributed by atoms with Crippen molar-refractivity contribution >= 4 is 17.9 Å². The van der Waals surface area contributed by atoms with Crippen LogP contribution in [0.25, 0.3) is 0 Å². The van der Waals surface area contributed by atoms with E-state index in [-0.39, 0.29) is 24.6 Å². The number of ether oxygens (including phenoxy) is 3. The molecule has 0 aromatic rings. The topological polar surface area (TPSA) is 78.9 Å². The van der Waals surface area contributed by atoms with Crippen molar-refractivity contribution in [2.75, 3.05) is 6.61 Å². The summed E-state index contributed by atoms with van der Waals surface area (Å²) in [7, 11) is 0. The van der Waals surface area contributed by atoms with Gasteiger partial charge in [-0.15, -0.1) is 0 Å². The number of rotatable bonds is 5. The van der Waals surface area contributed by atoms with Gasteiger partial charge in [0.15, 0.2) is 0 Å². The van der Waals surface area contributed by atoms with Gasteiger partial charge in [0.2, 0.25) is 0 Å². The fourth-order valence-corrected chi connectivity index (χ4v) is 2.57. The van der Waals surface area contributed by atoms with E-state index >= 15 is 0 Å². The molecule has 1 aliphatic carbocycles. The van der Waals surface area contributed by atoms with Crippen molar-refractivity contribution in [1.82, 2.24) is 0 Å². The highest BCUT2D eigenvalue weighted by Crippen LogP contribution is 2.31. The van der Waals surface area contributed by atoms with Crippen LogP contribution in [-0.2, 0) is 28.6 Å². The standard InChI is InChI=1S/C14H22O6/c1-9(15)18-8-14(20-11(3)17)12-6-4-5-7-13(12)19-10(2)16/h12-14H,4-8H2,1-3H3/t12-,13-,14+/m1/s1. The number of hydrogen-bond acceptors (Lipinski definition) is 6. The fourth-order valence-electron chi connectivity index (χ4n) is 2.57. The summed E-state index contributed by atoms with van der Waals surface area (Å²) in [6.45, 7) is 3.97. The molecule has 0 radical (unpaired) electrons. The maximum Gasteiger partial charge on any atom is 0.303 e. The monoisotopic (exact) mass is 286 g/mol. The second-order valence-corrected chi connectivity index (χ2v) is 5.05. The van der Waals surface area contributed by atoms with Gasteiger partial charge in [0.05, 0.1) is 0 Å². The molecular weight excluding hydrogens is 264 g/mol. The summed E-state index contributed by atoms with van der Waals surface area (Å²) in [5.74, 6) is -1.34. The number of esters is 3. The van der Waals surface area contributed by atoms with Crippen molar-refractivity contribution in [3.63, 3.8) is 0 Å². The van der Waals surface area contributed by atoms with Gasteiger partial charge in [0.25, 0.3) is 0 Å². The van der Waals surface area contributed by atoms with Gasteiger partial charge in [-0.25, -0.2) is 0 Å². The van der Waals surface area contributed by atoms with Gasteiger partial charge >= 0.3 is 17.9 Å². The summed E-state index contributed by atoms with van der Waals surface area (Å²) in [5, 5.41) is 0. The van der Waals surface area contributed by atoms with E-state index in [1.54, 1.807) is 0 Å². The van der Waals surface area contributed by atoms with Gasteiger partial charge in [0, 0.05) is 26.7 Å². The summed E-state index contributed by atoms with van der Waals surface area (Å²) in [6.07, 6.45) is 2.59. The van der Waals surface area contributed by atoms with Crippen LogP contribution in [0.5, 0.6) is 0 Å². The van der Waals surface area contributed by atoms with Crippen LogP contribution in [0.2, 0.25) is 0 Å². The molecule has 0 aromatic carbocycles. The Balaban J connectivity index is 2.74.